The van der Waals surface area contributed by atoms with Crippen LogP contribution in [-0.4, -0.2) is 49.6 Å². The van der Waals surface area contributed by atoms with Crippen LogP contribution in [0.25, 0.3) is 11.4 Å². The molecule has 0 spiro atoms. The van der Waals surface area contributed by atoms with Crippen molar-refractivity contribution in [1.82, 2.24) is 24.9 Å². The average Bonchev–Trinajstić information content (AvgIpc) is 3.51. The zero-order valence-corrected chi connectivity index (χ0v) is 19.0. The fourth-order valence-corrected chi connectivity index (χ4v) is 4.91. The largest absolute Gasteiger partial charge is 0.348 e. The van der Waals surface area contributed by atoms with E-state index in [9.17, 15) is 4.39 Å². The van der Waals surface area contributed by atoms with Crippen LogP contribution >= 0.6 is 11.6 Å². The molecule has 5 heterocycles. The Balaban J connectivity index is 1.29. The summed E-state index contributed by atoms with van der Waals surface area (Å²) in [7, 11) is 0. The maximum atomic E-state index is 13.9. The van der Waals surface area contributed by atoms with Gasteiger partial charge >= 0.3 is 0 Å². The summed E-state index contributed by atoms with van der Waals surface area (Å²) < 4.78 is 13.9. The van der Waals surface area contributed by atoms with Crippen LogP contribution in [0.5, 0.6) is 0 Å². The maximum Gasteiger partial charge on any atom is 0.222 e. The van der Waals surface area contributed by atoms with Crippen LogP contribution in [0.1, 0.15) is 36.2 Å². The summed E-state index contributed by atoms with van der Waals surface area (Å²) in [6, 6.07) is 14.5. The Labute approximate surface area is 201 Å². The molecule has 1 aromatic carbocycles. The Kier molecular flexibility index (Phi) is 5.30. The molecule has 9 heteroatoms. The fraction of sp³-hybridized carbons (Fsp3) is 0.240. The summed E-state index contributed by atoms with van der Waals surface area (Å²) >= 11 is 5.97. The number of hydrogen-bond acceptors (Lipinski definition) is 7. The highest BCUT2D eigenvalue weighted by atomic mass is 35.5. The molecule has 6 rings (SSSR count). The summed E-state index contributed by atoms with van der Waals surface area (Å²) in [4.78, 5) is 20.0. The second-order valence-electron chi connectivity index (χ2n) is 8.42. The molecule has 0 amide bonds. The molecular weight excluding hydrogens is 453 g/mol. The van der Waals surface area contributed by atoms with Crippen LogP contribution in [0.15, 0.2) is 77.0 Å². The second-order valence-corrected chi connectivity index (χ2v) is 8.75. The molecule has 0 aliphatic carbocycles. The Morgan fingerprint density at radius 2 is 1.79 bits per heavy atom. The zero-order valence-electron chi connectivity index (χ0n) is 18.2. The third-order valence-corrected chi connectivity index (χ3v) is 6.51. The van der Waals surface area contributed by atoms with Crippen LogP contribution in [0.2, 0.25) is 5.28 Å². The van der Waals surface area contributed by atoms with Gasteiger partial charge in [0.05, 0.1) is 29.7 Å². The van der Waals surface area contributed by atoms with Gasteiger partial charge in [0.15, 0.2) is 0 Å². The molecule has 0 N–H and O–H groups in total. The lowest BCUT2D eigenvalue weighted by Gasteiger charge is -2.31. The third-order valence-electron chi connectivity index (χ3n) is 6.33. The molecule has 0 saturated carbocycles. The summed E-state index contributed by atoms with van der Waals surface area (Å²) in [6.45, 7) is 1.43. The number of rotatable bonds is 3. The highest BCUT2D eigenvalue weighted by molar-refractivity contribution is 6.28. The molecule has 7 nitrogen and oxygen atoms in total. The first kappa shape index (κ1) is 20.9. The van der Waals surface area contributed by atoms with Gasteiger partial charge in [-0.3, -0.25) is 4.99 Å². The molecule has 1 unspecified atom stereocenters. The van der Waals surface area contributed by atoms with E-state index in [4.69, 9.17) is 21.7 Å². The lowest BCUT2D eigenvalue weighted by atomic mass is 10.0. The van der Waals surface area contributed by atoms with Gasteiger partial charge in [0.1, 0.15) is 23.5 Å². The van der Waals surface area contributed by atoms with Gasteiger partial charge in [-0.2, -0.15) is 5.10 Å². The predicted octanol–water partition coefficient (Wildman–Crippen LogP) is 4.81. The van der Waals surface area contributed by atoms with E-state index >= 15 is 0 Å². The van der Waals surface area contributed by atoms with Gasteiger partial charge in [-0.1, -0.05) is 18.2 Å². The molecule has 0 radical (unpaired) electrons. The Morgan fingerprint density at radius 3 is 2.68 bits per heavy atom. The van der Waals surface area contributed by atoms with Crippen molar-refractivity contribution in [2.45, 2.75) is 24.9 Å². The molecule has 34 heavy (non-hydrogen) atoms. The van der Waals surface area contributed by atoms with E-state index in [1.165, 1.54) is 6.07 Å². The van der Waals surface area contributed by atoms with E-state index in [2.05, 4.69) is 19.9 Å². The highest BCUT2D eigenvalue weighted by Crippen LogP contribution is 2.35. The first-order valence-electron chi connectivity index (χ1n) is 11.2. The van der Waals surface area contributed by atoms with Gasteiger partial charge in [-0.15, -0.1) is 0 Å². The molecule has 3 aromatic rings. The standard InChI is InChI=1S/C25H21ClFN7/c26-25-28-12-11-19(31-25)18-6-2-7-20(30-18)22-15-29-23-9-10-24(32-34(22)23)33-13-3-8-21(33)16-4-1-5-17(27)14-16/h1-2,4-7,9-12,14,21-22H,3,8,13,15H2/t21-,22?/m1/s1. The molecular formula is C25H21ClFN7. The van der Waals surface area contributed by atoms with Crippen LogP contribution in [0.3, 0.4) is 0 Å². The first-order chi connectivity index (χ1) is 16.7. The van der Waals surface area contributed by atoms with Gasteiger partial charge in [0, 0.05) is 12.7 Å². The van der Waals surface area contributed by atoms with Gasteiger partial charge in [0.25, 0.3) is 0 Å². The number of halogens is 2. The highest BCUT2D eigenvalue weighted by Gasteiger charge is 2.35. The summed E-state index contributed by atoms with van der Waals surface area (Å²) in [5.74, 6) is 1.46. The summed E-state index contributed by atoms with van der Waals surface area (Å²) in [5.41, 5.74) is 3.22. The number of nitrogens with zero attached hydrogens (tertiary/aromatic N) is 7. The van der Waals surface area contributed by atoms with Gasteiger partial charge in [0.2, 0.25) is 5.28 Å². The zero-order chi connectivity index (χ0) is 23.1. The van der Waals surface area contributed by atoms with E-state index in [1.54, 1.807) is 24.4 Å². The molecule has 2 atom stereocenters. The molecule has 3 aliphatic rings. The second kappa shape index (κ2) is 8.61. The number of hydrogen-bond donors (Lipinski definition) is 0. The molecule has 3 aliphatic heterocycles. The molecule has 2 aromatic heterocycles. The molecule has 170 valence electrons. The van der Waals surface area contributed by atoms with E-state index < -0.39 is 0 Å². The minimum absolute atomic E-state index is 0.0996. The first-order valence-corrected chi connectivity index (χ1v) is 11.6. The Bertz CT molecular complexity index is 1340. The van der Waals surface area contributed by atoms with E-state index in [-0.39, 0.29) is 23.2 Å². The predicted molar refractivity (Wildman–Crippen MR) is 129 cm³/mol. The lowest BCUT2D eigenvalue weighted by Crippen LogP contribution is -2.36. The minimum atomic E-state index is -0.213. The van der Waals surface area contributed by atoms with Crippen molar-refractivity contribution in [1.29, 1.82) is 0 Å². The number of likely N-dealkylation sites (tertiary alicyclic amines) is 1. The number of pyridine rings is 1. The van der Waals surface area contributed by atoms with E-state index in [0.717, 1.165) is 48.0 Å². The molecule has 1 fully saturated rings. The van der Waals surface area contributed by atoms with E-state index in [1.807, 2.05) is 41.4 Å². The van der Waals surface area contributed by atoms with Crippen molar-refractivity contribution >= 4 is 23.3 Å². The smallest absolute Gasteiger partial charge is 0.222 e. The van der Waals surface area contributed by atoms with Crippen molar-refractivity contribution in [3.63, 3.8) is 0 Å². The van der Waals surface area contributed by atoms with Crippen LogP contribution in [-0.2, 0) is 0 Å². The monoisotopic (exact) mass is 473 g/mol. The number of hydrazone groups is 1. The quantitative estimate of drug-likeness (QED) is 0.511. The number of fused-ring (bicyclic) bond motifs is 1. The summed E-state index contributed by atoms with van der Waals surface area (Å²) in [5, 5.41) is 7.10. The normalized spacial score (nSPS) is 21.5. The number of aromatic nitrogens is 3. The molecule has 1 saturated heterocycles. The van der Waals surface area contributed by atoms with Crippen molar-refractivity contribution in [2.75, 3.05) is 13.1 Å². The van der Waals surface area contributed by atoms with Crippen LogP contribution in [0.4, 0.5) is 4.39 Å². The van der Waals surface area contributed by atoms with Gasteiger partial charge < -0.3 is 4.90 Å². The summed E-state index contributed by atoms with van der Waals surface area (Å²) in [6.07, 6.45) is 7.61. The number of aliphatic imine (C=N–C) groups is 1. The molecule has 0 bridgehead atoms. The average molecular weight is 474 g/mol. The van der Waals surface area contributed by atoms with Crippen molar-refractivity contribution in [3.8, 4) is 11.4 Å². The number of benzene rings is 1. The van der Waals surface area contributed by atoms with Crippen LogP contribution < -0.4 is 0 Å². The Morgan fingerprint density at radius 1 is 0.941 bits per heavy atom. The van der Waals surface area contributed by atoms with Crippen molar-refractivity contribution in [3.05, 3.63) is 89.2 Å². The maximum absolute atomic E-state index is 13.9. The SMILES string of the molecule is Fc1cccc([C@H]2CCCN2C2=NN3C(=NCC3c3cccc(-c4ccnc(Cl)n4)n3)C=C2)c1. The third kappa shape index (κ3) is 3.84. The fourth-order valence-electron chi connectivity index (χ4n) is 4.76. The Hall–Kier alpha value is -3.65. The van der Waals surface area contributed by atoms with Crippen LogP contribution in [0, 0.1) is 5.82 Å². The van der Waals surface area contributed by atoms with Crippen molar-refractivity contribution in [2.24, 2.45) is 10.1 Å². The van der Waals surface area contributed by atoms with E-state index in [0.29, 0.717) is 12.2 Å². The lowest BCUT2D eigenvalue weighted by molar-refractivity contribution is 0.337. The van der Waals surface area contributed by atoms with Gasteiger partial charge in [-0.05, 0) is 72.5 Å². The number of amidine groups is 2. The topological polar surface area (TPSA) is 69.9 Å². The minimum Gasteiger partial charge on any atom is -0.348 e. The van der Waals surface area contributed by atoms with Gasteiger partial charge in [-0.25, -0.2) is 24.4 Å². The van der Waals surface area contributed by atoms with Crippen molar-refractivity contribution < 1.29 is 4.39 Å².